The first-order valence-electron chi connectivity index (χ1n) is 8.15. The third kappa shape index (κ3) is 1.88. The van der Waals surface area contributed by atoms with E-state index in [0.717, 1.165) is 41.1 Å². The summed E-state index contributed by atoms with van der Waals surface area (Å²) in [4.78, 5) is 21.7. The minimum absolute atomic E-state index is 0.198. The highest BCUT2D eigenvalue weighted by Gasteiger charge is 2.22. The number of pyridine rings is 1. The summed E-state index contributed by atoms with van der Waals surface area (Å²) in [6, 6.07) is 12.2. The average Bonchev–Trinajstić information content (AvgIpc) is 3.32. The van der Waals surface area contributed by atoms with Crippen LogP contribution in [0, 0.1) is 0 Å². The quantitative estimate of drug-likeness (QED) is 0.614. The number of H-pyrrole nitrogens is 1. The number of fused-ring (bicyclic) bond motifs is 2. The Hall–Kier alpha value is -3.08. The number of hydrogen-bond donors (Lipinski definition) is 1. The lowest BCUT2D eigenvalue weighted by atomic mass is 10.1. The van der Waals surface area contributed by atoms with Gasteiger partial charge in [0.25, 0.3) is 0 Å². The molecular weight excluding hydrogens is 300 g/mol. The second-order valence-electron chi connectivity index (χ2n) is 6.15. The summed E-state index contributed by atoms with van der Waals surface area (Å²) in [6.07, 6.45) is 7.43. The number of amides is 1. The number of nitrogens with zero attached hydrogens (tertiary/aromatic N) is 3. The highest BCUT2D eigenvalue weighted by Crippen LogP contribution is 2.30. The minimum Gasteiger partial charge on any atom is -0.361 e. The number of anilines is 1. The molecule has 0 bridgehead atoms. The van der Waals surface area contributed by atoms with E-state index in [9.17, 15) is 4.79 Å². The van der Waals surface area contributed by atoms with Gasteiger partial charge in [-0.3, -0.25) is 9.20 Å². The predicted molar refractivity (Wildman–Crippen MR) is 94.1 cm³/mol. The van der Waals surface area contributed by atoms with E-state index in [2.05, 4.69) is 32.6 Å². The van der Waals surface area contributed by atoms with Gasteiger partial charge in [0.05, 0.1) is 17.6 Å². The van der Waals surface area contributed by atoms with Crippen molar-refractivity contribution in [1.82, 2.24) is 14.4 Å². The van der Waals surface area contributed by atoms with Crippen LogP contribution >= 0.6 is 0 Å². The summed E-state index contributed by atoms with van der Waals surface area (Å²) in [6.45, 7) is 0.793. The molecule has 1 aromatic carbocycles. The van der Waals surface area contributed by atoms with E-state index in [1.54, 1.807) is 0 Å². The monoisotopic (exact) mass is 316 g/mol. The Morgan fingerprint density at radius 2 is 2.08 bits per heavy atom. The third-order valence-corrected chi connectivity index (χ3v) is 4.75. The van der Waals surface area contributed by atoms with Gasteiger partial charge in [0.1, 0.15) is 5.65 Å². The molecule has 1 amide bonds. The van der Waals surface area contributed by atoms with Crippen molar-refractivity contribution in [2.75, 3.05) is 11.4 Å². The SMILES string of the molecule is O=C1CCCN1c1ccc2ncc(-c3cccc4[nH]ccc34)n2c1. The van der Waals surface area contributed by atoms with Gasteiger partial charge in [-0.05, 0) is 30.7 Å². The van der Waals surface area contributed by atoms with Gasteiger partial charge in [-0.2, -0.15) is 0 Å². The van der Waals surface area contributed by atoms with Crippen molar-refractivity contribution in [3.8, 4) is 11.3 Å². The van der Waals surface area contributed by atoms with E-state index >= 15 is 0 Å². The second-order valence-corrected chi connectivity index (χ2v) is 6.15. The van der Waals surface area contributed by atoms with Crippen LogP contribution in [0.3, 0.4) is 0 Å². The zero-order valence-corrected chi connectivity index (χ0v) is 13.1. The first-order valence-corrected chi connectivity index (χ1v) is 8.15. The molecular formula is C19H16N4O. The fraction of sp³-hybridized carbons (Fsp3) is 0.158. The molecule has 0 unspecified atom stereocenters. The summed E-state index contributed by atoms with van der Waals surface area (Å²) in [5.74, 6) is 0.198. The molecule has 5 nitrogen and oxygen atoms in total. The standard InChI is InChI=1S/C19H16N4O/c24-19-5-2-10-22(19)13-6-7-18-21-11-17(23(18)12-13)15-3-1-4-16-14(15)8-9-20-16/h1,3-4,6-9,11-12,20H,2,5,10H2. The van der Waals surface area contributed by atoms with Crippen LogP contribution in [0.15, 0.2) is 55.0 Å². The molecule has 5 rings (SSSR count). The zero-order chi connectivity index (χ0) is 16.1. The lowest BCUT2D eigenvalue weighted by Gasteiger charge is -2.16. The van der Waals surface area contributed by atoms with Crippen molar-refractivity contribution in [2.24, 2.45) is 0 Å². The fourth-order valence-corrected chi connectivity index (χ4v) is 3.56. The maximum atomic E-state index is 12.0. The van der Waals surface area contributed by atoms with Crippen LogP contribution in [0.5, 0.6) is 0 Å². The van der Waals surface area contributed by atoms with E-state index < -0.39 is 0 Å². The fourth-order valence-electron chi connectivity index (χ4n) is 3.56. The second kappa shape index (κ2) is 4.96. The number of aromatic amines is 1. The lowest BCUT2D eigenvalue weighted by molar-refractivity contribution is -0.117. The Kier molecular flexibility index (Phi) is 2.76. The van der Waals surface area contributed by atoms with Crippen molar-refractivity contribution in [2.45, 2.75) is 12.8 Å². The van der Waals surface area contributed by atoms with Crippen LogP contribution in [0.1, 0.15) is 12.8 Å². The van der Waals surface area contributed by atoms with Crippen molar-refractivity contribution >= 4 is 28.1 Å². The minimum atomic E-state index is 0.198. The Bertz CT molecular complexity index is 1080. The first kappa shape index (κ1) is 13.4. The van der Waals surface area contributed by atoms with Gasteiger partial charge >= 0.3 is 0 Å². The van der Waals surface area contributed by atoms with E-state index in [4.69, 9.17) is 0 Å². The van der Waals surface area contributed by atoms with E-state index in [1.165, 1.54) is 5.39 Å². The van der Waals surface area contributed by atoms with Crippen molar-refractivity contribution in [3.05, 3.63) is 55.0 Å². The van der Waals surface area contributed by atoms with Gasteiger partial charge in [-0.15, -0.1) is 0 Å². The number of carbonyl (C=O) groups is 1. The molecule has 0 radical (unpaired) electrons. The first-order chi connectivity index (χ1) is 11.8. The van der Waals surface area contributed by atoms with E-state index in [-0.39, 0.29) is 5.91 Å². The topological polar surface area (TPSA) is 53.4 Å². The van der Waals surface area contributed by atoms with Crippen molar-refractivity contribution in [3.63, 3.8) is 0 Å². The van der Waals surface area contributed by atoms with E-state index in [0.29, 0.717) is 6.42 Å². The molecule has 118 valence electrons. The van der Waals surface area contributed by atoms with Crippen molar-refractivity contribution < 1.29 is 4.79 Å². The molecule has 1 aliphatic rings. The summed E-state index contributed by atoms with van der Waals surface area (Å²) in [5.41, 5.74) is 5.08. The molecule has 0 atom stereocenters. The maximum Gasteiger partial charge on any atom is 0.227 e. The van der Waals surface area contributed by atoms with Gasteiger partial charge in [0.2, 0.25) is 5.91 Å². The number of hydrogen-bond acceptors (Lipinski definition) is 2. The molecule has 0 aliphatic carbocycles. The molecule has 3 aromatic heterocycles. The Morgan fingerprint density at radius 1 is 1.12 bits per heavy atom. The summed E-state index contributed by atoms with van der Waals surface area (Å²) in [7, 11) is 0. The van der Waals surface area contributed by atoms with Gasteiger partial charge in [-0.1, -0.05) is 12.1 Å². The van der Waals surface area contributed by atoms with Crippen LogP contribution in [0.2, 0.25) is 0 Å². The molecule has 0 saturated carbocycles. The highest BCUT2D eigenvalue weighted by atomic mass is 16.2. The number of benzene rings is 1. The Labute approximate surface area is 138 Å². The van der Waals surface area contributed by atoms with Gasteiger partial charge in [-0.25, -0.2) is 4.98 Å². The molecule has 0 spiro atoms. The van der Waals surface area contributed by atoms with Crippen molar-refractivity contribution in [1.29, 1.82) is 0 Å². The molecule has 4 aromatic rings. The normalized spacial score (nSPS) is 15.0. The molecule has 1 N–H and O–H groups in total. The van der Waals surface area contributed by atoms with Gasteiger partial charge in [0, 0.05) is 41.8 Å². The maximum absolute atomic E-state index is 12.0. The van der Waals surface area contributed by atoms with E-state index in [1.807, 2.05) is 41.7 Å². The highest BCUT2D eigenvalue weighted by molar-refractivity contribution is 5.96. The van der Waals surface area contributed by atoms with Crippen LogP contribution in [-0.4, -0.2) is 26.8 Å². The zero-order valence-electron chi connectivity index (χ0n) is 13.1. The molecule has 5 heteroatoms. The van der Waals surface area contributed by atoms with Gasteiger partial charge in [0.15, 0.2) is 0 Å². The number of imidazole rings is 1. The summed E-state index contributed by atoms with van der Waals surface area (Å²) >= 11 is 0. The Balaban J connectivity index is 1.72. The lowest BCUT2D eigenvalue weighted by Crippen LogP contribution is -2.23. The smallest absolute Gasteiger partial charge is 0.227 e. The largest absolute Gasteiger partial charge is 0.361 e. The summed E-state index contributed by atoms with van der Waals surface area (Å²) in [5, 5.41) is 1.17. The summed E-state index contributed by atoms with van der Waals surface area (Å²) < 4.78 is 2.07. The molecule has 1 saturated heterocycles. The predicted octanol–water partition coefficient (Wildman–Crippen LogP) is 3.61. The number of carbonyl (C=O) groups excluding carboxylic acids is 1. The molecule has 4 heterocycles. The van der Waals surface area contributed by atoms with Crippen LogP contribution in [0.25, 0.3) is 27.8 Å². The van der Waals surface area contributed by atoms with Gasteiger partial charge < -0.3 is 9.88 Å². The molecule has 1 fully saturated rings. The van der Waals surface area contributed by atoms with Crippen LogP contribution < -0.4 is 4.90 Å². The number of rotatable bonds is 2. The number of aromatic nitrogens is 3. The molecule has 24 heavy (non-hydrogen) atoms. The van der Waals surface area contributed by atoms with Crippen LogP contribution in [0.4, 0.5) is 5.69 Å². The molecule has 1 aliphatic heterocycles. The third-order valence-electron chi connectivity index (χ3n) is 4.75. The number of nitrogens with one attached hydrogen (secondary N) is 1. The van der Waals surface area contributed by atoms with Crippen LogP contribution in [-0.2, 0) is 4.79 Å². The Morgan fingerprint density at radius 3 is 2.96 bits per heavy atom. The average molecular weight is 316 g/mol.